The van der Waals surface area contributed by atoms with E-state index in [0.717, 1.165) is 5.71 Å². The van der Waals surface area contributed by atoms with Crippen LogP contribution in [0.25, 0.3) is 0 Å². The van der Waals surface area contributed by atoms with Crippen LogP contribution >= 0.6 is 0 Å². The van der Waals surface area contributed by atoms with Gasteiger partial charge in [0, 0.05) is 11.8 Å². The number of nitrogens with zero attached hydrogens (tertiary/aromatic N) is 1. The van der Waals surface area contributed by atoms with Crippen molar-refractivity contribution in [2.75, 3.05) is 0 Å². The Bertz CT molecular complexity index is 182. The number of carbonyl (C=O) groups is 1. The minimum Gasteiger partial charge on any atom is -0.300 e. The Morgan fingerprint density at radius 1 is 1.29 bits per heavy atom. The highest BCUT2D eigenvalue weighted by atomic mass is 16.1. The molecule has 0 rings (SSSR count). The lowest BCUT2D eigenvalue weighted by Crippen LogP contribution is -1.96. The van der Waals surface area contributed by atoms with Gasteiger partial charge in [0.15, 0.2) is 0 Å². The molecule has 82 valence electrons. The quantitative estimate of drug-likeness (QED) is 0.304. The minimum absolute atomic E-state index is 0.167. The van der Waals surface area contributed by atoms with Crippen molar-refractivity contribution in [3.63, 3.8) is 0 Å². The van der Waals surface area contributed by atoms with Gasteiger partial charge in [-0.3, -0.25) is 0 Å². The van der Waals surface area contributed by atoms with Crippen LogP contribution in [0.5, 0.6) is 0 Å². The SMILES string of the molecule is C#CNN=C(C)C.CC(C)=O.CCC. The third kappa shape index (κ3) is 138. The van der Waals surface area contributed by atoms with Crippen LogP contribution in [-0.4, -0.2) is 11.5 Å². The minimum atomic E-state index is 0.167. The Morgan fingerprint density at radius 2 is 1.57 bits per heavy atom. The molecular formula is C11H22N2O. The molecule has 0 unspecified atom stereocenters. The van der Waals surface area contributed by atoms with Crippen LogP contribution in [0, 0.1) is 12.5 Å². The van der Waals surface area contributed by atoms with Crippen molar-refractivity contribution in [3.05, 3.63) is 0 Å². The Balaban J connectivity index is -0.000000147. The van der Waals surface area contributed by atoms with Gasteiger partial charge < -0.3 is 4.79 Å². The number of terminal acetylenes is 1. The third-order valence-corrected chi connectivity index (χ3v) is 0.344. The molecule has 0 aliphatic rings. The monoisotopic (exact) mass is 198 g/mol. The fourth-order valence-corrected chi connectivity index (χ4v) is 0.144. The molecule has 1 N–H and O–H groups in total. The molecule has 0 aliphatic heterocycles. The number of hydrazone groups is 1. The molecule has 0 radical (unpaired) electrons. The predicted molar refractivity (Wildman–Crippen MR) is 63.1 cm³/mol. The van der Waals surface area contributed by atoms with Gasteiger partial charge in [0.25, 0.3) is 0 Å². The van der Waals surface area contributed by atoms with E-state index in [0.29, 0.717) is 0 Å². The van der Waals surface area contributed by atoms with Gasteiger partial charge in [-0.15, -0.1) is 0 Å². The molecule has 0 bridgehead atoms. The second-order valence-electron chi connectivity index (χ2n) is 2.93. The summed E-state index contributed by atoms with van der Waals surface area (Å²) >= 11 is 0. The van der Waals surface area contributed by atoms with E-state index in [4.69, 9.17) is 6.42 Å². The van der Waals surface area contributed by atoms with E-state index >= 15 is 0 Å². The Morgan fingerprint density at radius 3 is 1.64 bits per heavy atom. The molecule has 0 aliphatic carbocycles. The first-order chi connectivity index (χ1) is 6.42. The maximum absolute atomic E-state index is 9.44. The summed E-state index contributed by atoms with van der Waals surface area (Å²) in [4.78, 5) is 9.44. The summed E-state index contributed by atoms with van der Waals surface area (Å²) in [5.41, 5.74) is 3.29. The van der Waals surface area contributed by atoms with Gasteiger partial charge in [-0.1, -0.05) is 26.7 Å². The first-order valence-corrected chi connectivity index (χ1v) is 4.60. The van der Waals surface area contributed by atoms with Crippen molar-refractivity contribution in [1.82, 2.24) is 5.43 Å². The molecule has 0 atom stereocenters. The number of Topliss-reactive ketones (excluding diaryl/α,β-unsaturated/α-hetero) is 1. The van der Waals surface area contributed by atoms with Gasteiger partial charge in [-0.25, -0.2) is 5.43 Å². The number of hydrogen-bond acceptors (Lipinski definition) is 3. The van der Waals surface area contributed by atoms with E-state index < -0.39 is 0 Å². The fourth-order valence-electron chi connectivity index (χ4n) is 0.144. The average molecular weight is 198 g/mol. The van der Waals surface area contributed by atoms with Crippen LogP contribution in [-0.2, 0) is 4.79 Å². The van der Waals surface area contributed by atoms with Crippen LogP contribution in [0.3, 0.4) is 0 Å². The molecule has 0 aromatic heterocycles. The lowest BCUT2D eigenvalue weighted by Gasteiger charge is -1.83. The molecule has 0 aromatic rings. The summed E-state index contributed by atoms with van der Waals surface area (Å²) in [5.74, 6) is 0.167. The van der Waals surface area contributed by atoms with Crippen molar-refractivity contribution in [2.24, 2.45) is 5.10 Å². The zero-order valence-corrected chi connectivity index (χ0v) is 10.1. The van der Waals surface area contributed by atoms with Gasteiger partial charge in [-0.05, 0) is 27.7 Å². The molecular weight excluding hydrogens is 176 g/mol. The first kappa shape index (κ1) is 18.5. The van der Waals surface area contributed by atoms with Crippen molar-refractivity contribution < 1.29 is 4.79 Å². The molecule has 3 nitrogen and oxygen atoms in total. The third-order valence-electron chi connectivity index (χ3n) is 0.344. The van der Waals surface area contributed by atoms with E-state index in [-0.39, 0.29) is 5.78 Å². The summed E-state index contributed by atoms with van der Waals surface area (Å²) < 4.78 is 0. The second kappa shape index (κ2) is 17.7. The summed E-state index contributed by atoms with van der Waals surface area (Å²) in [6.45, 7) is 11.0. The maximum atomic E-state index is 9.44. The lowest BCUT2D eigenvalue weighted by atomic mass is 10.5. The summed E-state index contributed by atoms with van der Waals surface area (Å²) in [5, 5.41) is 3.67. The molecule has 14 heavy (non-hydrogen) atoms. The van der Waals surface area contributed by atoms with E-state index in [9.17, 15) is 4.79 Å². The maximum Gasteiger partial charge on any atom is 0.126 e. The molecule has 0 amide bonds. The molecule has 0 spiro atoms. The topological polar surface area (TPSA) is 41.5 Å². The predicted octanol–water partition coefficient (Wildman–Crippen LogP) is 2.57. The highest BCUT2D eigenvalue weighted by molar-refractivity contribution is 5.78. The summed E-state index contributed by atoms with van der Waals surface area (Å²) in [6.07, 6.45) is 6.06. The van der Waals surface area contributed by atoms with Crippen LogP contribution in [0.4, 0.5) is 0 Å². The zero-order chi connectivity index (χ0) is 12.0. The van der Waals surface area contributed by atoms with E-state index in [1.165, 1.54) is 20.3 Å². The van der Waals surface area contributed by atoms with Crippen LogP contribution in [0.15, 0.2) is 5.10 Å². The van der Waals surface area contributed by atoms with E-state index in [1.54, 1.807) is 0 Å². The second-order valence-corrected chi connectivity index (χ2v) is 2.93. The van der Waals surface area contributed by atoms with Crippen molar-refractivity contribution >= 4 is 11.5 Å². The van der Waals surface area contributed by atoms with E-state index in [2.05, 4.69) is 30.4 Å². The van der Waals surface area contributed by atoms with Gasteiger partial charge in [0.1, 0.15) is 5.78 Å². The summed E-state index contributed by atoms with van der Waals surface area (Å²) in [7, 11) is 0. The zero-order valence-electron chi connectivity index (χ0n) is 10.1. The average Bonchev–Trinajstić information content (AvgIpc) is 2.01. The number of rotatable bonds is 1. The largest absolute Gasteiger partial charge is 0.300 e. The Labute approximate surface area is 88.0 Å². The smallest absolute Gasteiger partial charge is 0.126 e. The highest BCUT2D eigenvalue weighted by Gasteiger charge is 1.68. The number of carbonyl (C=O) groups excluding carboxylic acids is 1. The van der Waals surface area contributed by atoms with Crippen LogP contribution in [0.1, 0.15) is 48.0 Å². The normalized spacial score (nSPS) is 6.36. The Hall–Kier alpha value is -1.30. The number of nitrogens with one attached hydrogen (secondary N) is 1. The number of hydrogen-bond donors (Lipinski definition) is 1. The lowest BCUT2D eigenvalue weighted by molar-refractivity contribution is -0.114. The van der Waals surface area contributed by atoms with Crippen molar-refractivity contribution in [2.45, 2.75) is 48.0 Å². The van der Waals surface area contributed by atoms with E-state index in [1.807, 2.05) is 13.8 Å². The number of ketones is 1. The standard InChI is InChI=1S/C5H8N2.C3H6O.C3H8/c1-4-6-7-5(2)3;1-3(2)4;1-3-2/h1,6H,2-3H3;1-2H3;3H2,1-2H3. The molecule has 3 heteroatoms. The molecule has 0 saturated carbocycles. The highest BCUT2D eigenvalue weighted by Crippen LogP contribution is 1.65. The van der Waals surface area contributed by atoms with Crippen LogP contribution in [0.2, 0.25) is 0 Å². The van der Waals surface area contributed by atoms with Crippen molar-refractivity contribution in [3.8, 4) is 12.5 Å². The van der Waals surface area contributed by atoms with Gasteiger partial charge in [0.05, 0.1) is 0 Å². The fraction of sp³-hybridized carbons (Fsp3) is 0.636. The molecule has 0 aromatic carbocycles. The van der Waals surface area contributed by atoms with Crippen molar-refractivity contribution in [1.29, 1.82) is 0 Å². The van der Waals surface area contributed by atoms with Crippen LogP contribution < -0.4 is 5.43 Å². The van der Waals surface area contributed by atoms with Gasteiger partial charge in [0.2, 0.25) is 0 Å². The molecule has 0 saturated heterocycles. The Kier molecular flexibility index (Phi) is 23.4. The summed E-state index contributed by atoms with van der Waals surface area (Å²) in [6, 6.07) is 2.16. The van der Waals surface area contributed by atoms with Gasteiger partial charge in [-0.2, -0.15) is 5.10 Å². The first-order valence-electron chi connectivity index (χ1n) is 4.60. The molecule has 0 heterocycles. The van der Waals surface area contributed by atoms with Gasteiger partial charge >= 0.3 is 0 Å². The molecule has 0 fully saturated rings.